The van der Waals surface area contributed by atoms with Gasteiger partial charge in [0.15, 0.2) is 11.1 Å². The highest BCUT2D eigenvalue weighted by atomic mass is 32.2. The summed E-state index contributed by atoms with van der Waals surface area (Å²) in [7, 11) is 0. The van der Waals surface area contributed by atoms with E-state index in [1.54, 1.807) is 0 Å². The molecule has 68 valence electrons. The van der Waals surface area contributed by atoms with Gasteiger partial charge in [0.25, 0.3) is 0 Å². The third-order valence-electron chi connectivity index (χ3n) is 1.59. The minimum absolute atomic E-state index is 0.103. The van der Waals surface area contributed by atoms with Crippen molar-refractivity contribution in [2.24, 2.45) is 5.73 Å². The van der Waals surface area contributed by atoms with Crippen molar-refractivity contribution in [1.82, 2.24) is 0 Å². The fourth-order valence-corrected chi connectivity index (χ4v) is 1.37. The van der Waals surface area contributed by atoms with E-state index in [0.29, 0.717) is 12.2 Å². The Hall–Kier alpha value is 0.0700. The predicted molar refractivity (Wildman–Crippen MR) is 47.8 cm³/mol. The van der Waals surface area contributed by atoms with Gasteiger partial charge in [-0.2, -0.15) is 0 Å². The summed E-state index contributed by atoms with van der Waals surface area (Å²) in [5.41, 5.74) is 5.66. The summed E-state index contributed by atoms with van der Waals surface area (Å²) in [6, 6.07) is 0.103. The minimum atomic E-state index is -1.67. The molecule has 4 heteroatoms. The average molecular weight is 179 g/mol. The Morgan fingerprint density at radius 3 is 2.64 bits per heavy atom. The lowest BCUT2D eigenvalue weighted by molar-refractivity contribution is 0.535. The summed E-state index contributed by atoms with van der Waals surface area (Å²) >= 11 is -1.67. The van der Waals surface area contributed by atoms with E-state index in [1.165, 1.54) is 0 Å². The first-order valence-electron chi connectivity index (χ1n) is 3.99. The van der Waals surface area contributed by atoms with Gasteiger partial charge < -0.3 is 10.3 Å². The van der Waals surface area contributed by atoms with Gasteiger partial charge in [0.2, 0.25) is 0 Å². The van der Waals surface area contributed by atoms with Gasteiger partial charge in [0.1, 0.15) is 0 Å². The van der Waals surface area contributed by atoms with Crippen molar-refractivity contribution in [3.05, 3.63) is 0 Å². The highest BCUT2D eigenvalue weighted by Crippen LogP contribution is 2.01. The van der Waals surface area contributed by atoms with Crippen LogP contribution >= 0.6 is 0 Å². The van der Waals surface area contributed by atoms with E-state index < -0.39 is 11.1 Å². The van der Waals surface area contributed by atoms with Gasteiger partial charge >= 0.3 is 0 Å². The van der Waals surface area contributed by atoms with Crippen LogP contribution < -0.4 is 5.73 Å². The second kappa shape index (κ2) is 6.76. The maximum atomic E-state index is 10.2. The molecule has 11 heavy (non-hydrogen) atoms. The molecule has 2 unspecified atom stereocenters. The van der Waals surface area contributed by atoms with Gasteiger partial charge in [-0.3, -0.25) is 0 Å². The first kappa shape index (κ1) is 11.1. The molecular formula is C7H17NO2S. The van der Waals surface area contributed by atoms with Crippen LogP contribution in [0.25, 0.3) is 0 Å². The molecule has 0 bridgehead atoms. The molecule has 0 fully saturated rings. The van der Waals surface area contributed by atoms with E-state index in [4.69, 9.17) is 10.3 Å². The second-order valence-corrected chi connectivity index (χ2v) is 3.77. The molecule has 0 aromatic carbocycles. The molecule has 0 saturated heterocycles. The number of hydrogen-bond acceptors (Lipinski definition) is 2. The molecule has 0 amide bonds. The van der Waals surface area contributed by atoms with Crippen molar-refractivity contribution < 1.29 is 8.76 Å². The monoisotopic (exact) mass is 179 g/mol. The number of unbranched alkanes of at least 4 members (excludes halogenated alkanes) is 1. The zero-order chi connectivity index (χ0) is 8.69. The van der Waals surface area contributed by atoms with Gasteiger partial charge in [0, 0.05) is 6.04 Å². The van der Waals surface area contributed by atoms with Crippen LogP contribution in [-0.4, -0.2) is 20.6 Å². The van der Waals surface area contributed by atoms with Crippen LogP contribution in [0.4, 0.5) is 0 Å². The molecule has 0 heterocycles. The molecule has 0 aromatic rings. The largest absolute Gasteiger partial charge is 0.328 e. The van der Waals surface area contributed by atoms with Gasteiger partial charge in [-0.25, -0.2) is 4.21 Å². The van der Waals surface area contributed by atoms with Crippen molar-refractivity contribution in [2.45, 2.75) is 38.6 Å². The van der Waals surface area contributed by atoms with Crippen molar-refractivity contribution in [2.75, 3.05) is 5.75 Å². The van der Waals surface area contributed by atoms with E-state index in [2.05, 4.69) is 6.92 Å². The molecule has 0 saturated carbocycles. The standard InChI is InChI=1S/C7H17NO2S/c1-2-3-4-7(8)5-6-11(9)10/h7H,2-6,8H2,1H3,(H,9,10). The van der Waals surface area contributed by atoms with Gasteiger partial charge in [0.05, 0.1) is 5.75 Å². The summed E-state index contributed by atoms with van der Waals surface area (Å²) < 4.78 is 18.7. The number of nitrogens with two attached hydrogens (primary N) is 1. The summed E-state index contributed by atoms with van der Waals surface area (Å²) in [5.74, 6) is 0.310. The van der Waals surface area contributed by atoms with Crippen molar-refractivity contribution in [3.8, 4) is 0 Å². The third kappa shape index (κ3) is 7.97. The van der Waals surface area contributed by atoms with Crippen molar-refractivity contribution in [1.29, 1.82) is 0 Å². The average Bonchev–Trinajstić information content (AvgIpc) is 1.97. The quantitative estimate of drug-likeness (QED) is 0.600. The molecule has 0 aliphatic carbocycles. The molecule has 0 rings (SSSR count). The molecular weight excluding hydrogens is 162 g/mol. The summed E-state index contributed by atoms with van der Waals surface area (Å²) in [6.07, 6.45) is 3.87. The SMILES string of the molecule is CCCCC(N)CCS(=O)O. The van der Waals surface area contributed by atoms with Crippen LogP contribution in [0.5, 0.6) is 0 Å². The Morgan fingerprint density at radius 2 is 2.18 bits per heavy atom. The normalized spacial score (nSPS) is 16.3. The molecule has 0 radical (unpaired) electrons. The smallest absolute Gasteiger partial charge is 0.152 e. The maximum Gasteiger partial charge on any atom is 0.152 e. The second-order valence-electron chi connectivity index (χ2n) is 2.72. The third-order valence-corrected chi connectivity index (χ3v) is 2.18. The highest BCUT2D eigenvalue weighted by molar-refractivity contribution is 7.79. The first-order valence-corrected chi connectivity index (χ1v) is 5.27. The topological polar surface area (TPSA) is 63.3 Å². The summed E-state index contributed by atoms with van der Waals surface area (Å²) in [5, 5.41) is 0. The predicted octanol–water partition coefficient (Wildman–Crippen LogP) is 1.12. The van der Waals surface area contributed by atoms with Crippen molar-refractivity contribution >= 4 is 11.1 Å². The molecule has 0 aliphatic rings. The molecule has 2 atom stereocenters. The van der Waals surface area contributed by atoms with E-state index in [1.807, 2.05) is 0 Å². The lowest BCUT2D eigenvalue weighted by Crippen LogP contribution is -2.22. The molecule has 3 nitrogen and oxygen atoms in total. The van der Waals surface area contributed by atoms with Gasteiger partial charge in [-0.15, -0.1) is 0 Å². The lowest BCUT2D eigenvalue weighted by atomic mass is 10.1. The molecule has 3 N–H and O–H groups in total. The Bertz CT molecular complexity index is 119. The Balaban J connectivity index is 3.22. The zero-order valence-electron chi connectivity index (χ0n) is 6.95. The van der Waals surface area contributed by atoms with Crippen LogP contribution in [0.1, 0.15) is 32.6 Å². The number of hydrogen-bond donors (Lipinski definition) is 2. The van der Waals surface area contributed by atoms with Crippen LogP contribution in [0.3, 0.4) is 0 Å². The minimum Gasteiger partial charge on any atom is -0.328 e. The van der Waals surface area contributed by atoms with E-state index in [9.17, 15) is 4.21 Å². The molecule has 0 aliphatic heterocycles. The lowest BCUT2D eigenvalue weighted by Gasteiger charge is -2.08. The summed E-state index contributed by atoms with van der Waals surface area (Å²) in [4.78, 5) is 0. The van der Waals surface area contributed by atoms with E-state index >= 15 is 0 Å². The fourth-order valence-electron chi connectivity index (χ4n) is 0.863. The van der Waals surface area contributed by atoms with Crippen LogP contribution in [-0.2, 0) is 11.1 Å². The summed E-state index contributed by atoms with van der Waals surface area (Å²) in [6.45, 7) is 2.11. The van der Waals surface area contributed by atoms with Crippen molar-refractivity contribution in [3.63, 3.8) is 0 Å². The number of rotatable bonds is 6. The van der Waals surface area contributed by atoms with Crippen LogP contribution in [0, 0.1) is 0 Å². The Kier molecular flexibility index (Phi) is 6.80. The van der Waals surface area contributed by atoms with Crippen LogP contribution in [0.15, 0.2) is 0 Å². The Morgan fingerprint density at radius 1 is 1.55 bits per heavy atom. The molecule has 0 aromatic heterocycles. The first-order chi connectivity index (χ1) is 5.16. The van der Waals surface area contributed by atoms with Gasteiger partial charge in [-0.1, -0.05) is 19.8 Å². The highest BCUT2D eigenvalue weighted by Gasteiger charge is 2.02. The van der Waals surface area contributed by atoms with Crippen LogP contribution in [0.2, 0.25) is 0 Å². The Labute approximate surface area is 70.6 Å². The van der Waals surface area contributed by atoms with E-state index in [0.717, 1.165) is 19.3 Å². The molecule has 0 spiro atoms. The van der Waals surface area contributed by atoms with E-state index in [-0.39, 0.29) is 6.04 Å². The van der Waals surface area contributed by atoms with Gasteiger partial charge in [-0.05, 0) is 12.8 Å². The fraction of sp³-hybridized carbons (Fsp3) is 1.00. The maximum absolute atomic E-state index is 10.2. The zero-order valence-corrected chi connectivity index (χ0v) is 7.77.